The Morgan fingerprint density at radius 2 is 1.32 bits per heavy atom. The molecule has 5 aromatic rings. The van der Waals surface area contributed by atoms with Crippen molar-refractivity contribution in [3.05, 3.63) is 144 Å². The van der Waals surface area contributed by atoms with Crippen molar-refractivity contribution >= 4 is 22.0 Å². The lowest BCUT2D eigenvalue weighted by atomic mass is 9.85. The number of fused-ring (bicyclic) bond motifs is 3. The van der Waals surface area contributed by atoms with Crippen molar-refractivity contribution in [3.8, 4) is 11.1 Å². The molecule has 0 saturated heterocycles. The third kappa shape index (κ3) is 3.70. The van der Waals surface area contributed by atoms with E-state index in [0.717, 1.165) is 6.42 Å². The highest BCUT2D eigenvalue weighted by Gasteiger charge is 2.23. The van der Waals surface area contributed by atoms with E-state index in [1.807, 2.05) is 0 Å². The second-order valence-electron chi connectivity index (χ2n) is 8.95. The Bertz CT molecular complexity index is 1480. The van der Waals surface area contributed by atoms with Crippen LogP contribution < -0.4 is 5.32 Å². The van der Waals surface area contributed by atoms with E-state index in [4.69, 9.17) is 0 Å². The van der Waals surface area contributed by atoms with Gasteiger partial charge >= 0.3 is 0 Å². The number of aryl methyl sites for hydroxylation is 1. The zero-order valence-corrected chi connectivity index (χ0v) is 19.3. The van der Waals surface area contributed by atoms with Gasteiger partial charge in [-0.2, -0.15) is 0 Å². The molecule has 0 fully saturated rings. The summed E-state index contributed by atoms with van der Waals surface area (Å²) < 4.78 is 0. The Hall–Kier alpha value is -4.10. The molecular weight excluding hydrogens is 410 g/mol. The fraction of sp³-hybridized carbons (Fsp3) is 0.0909. The maximum atomic E-state index is 3.80. The molecule has 5 aromatic carbocycles. The summed E-state index contributed by atoms with van der Waals surface area (Å²) in [5.74, 6) is 0. The van der Waals surface area contributed by atoms with Crippen LogP contribution in [0.25, 0.3) is 27.5 Å². The standard InChI is InChI=1S/C33H27N/c1-2-23-13-15-24(16-14-23)28-18-17-26-19-20-31-33(29(26)21-28)30(25-9-5-3-6-10-25)22-32(34-31)27-11-7-4-8-12-27/h3-22,32,34H,2H2,1H3. The number of anilines is 1. The van der Waals surface area contributed by atoms with Gasteiger partial charge in [-0.1, -0.05) is 110 Å². The van der Waals surface area contributed by atoms with E-state index in [2.05, 4.69) is 134 Å². The van der Waals surface area contributed by atoms with Gasteiger partial charge in [-0.05, 0) is 68.8 Å². The summed E-state index contributed by atoms with van der Waals surface area (Å²) in [4.78, 5) is 0. The lowest BCUT2D eigenvalue weighted by Crippen LogP contribution is -2.15. The van der Waals surface area contributed by atoms with Crippen LogP contribution in [0.4, 0.5) is 5.69 Å². The summed E-state index contributed by atoms with van der Waals surface area (Å²) in [6.07, 6.45) is 3.44. The normalized spacial score (nSPS) is 14.9. The smallest absolute Gasteiger partial charge is 0.0707 e. The Morgan fingerprint density at radius 3 is 2.06 bits per heavy atom. The van der Waals surface area contributed by atoms with E-state index < -0.39 is 0 Å². The van der Waals surface area contributed by atoms with Crippen molar-refractivity contribution in [2.24, 2.45) is 0 Å². The fourth-order valence-electron chi connectivity index (χ4n) is 5.00. The van der Waals surface area contributed by atoms with E-state index in [9.17, 15) is 0 Å². The highest BCUT2D eigenvalue weighted by molar-refractivity contribution is 6.05. The largest absolute Gasteiger partial charge is 0.374 e. The molecule has 0 aliphatic carbocycles. The third-order valence-corrected chi connectivity index (χ3v) is 6.87. The van der Waals surface area contributed by atoms with Gasteiger partial charge in [-0.15, -0.1) is 0 Å². The van der Waals surface area contributed by atoms with Crippen molar-refractivity contribution in [2.45, 2.75) is 19.4 Å². The summed E-state index contributed by atoms with van der Waals surface area (Å²) in [5, 5.41) is 6.34. The lowest BCUT2D eigenvalue weighted by molar-refractivity contribution is 0.974. The minimum Gasteiger partial charge on any atom is -0.374 e. The number of rotatable bonds is 4. The molecule has 6 rings (SSSR count). The number of benzene rings is 5. The molecule has 1 nitrogen and oxygen atoms in total. The molecule has 1 unspecified atom stereocenters. The van der Waals surface area contributed by atoms with Gasteiger partial charge in [0, 0.05) is 11.3 Å². The molecule has 0 radical (unpaired) electrons. The second kappa shape index (κ2) is 8.68. The highest BCUT2D eigenvalue weighted by atomic mass is 14.9. The SMILES string of the molecule is CCc1ccc(-c2ccc3ccc4c(c3c2)C(c2ccccc2)=CC(c2ccccc2)N4)cc1. The van der Waals surface area contributed by atoms with Crippen molar-refractivity contribution in [2.75, 3.05) is 5.32 Å². The quantitative estimate of drug-likeness (QED) is 0.296. The molecule has 1 atom stereocenters. The molecule has 1 aliphatic rings. The van der Waals surface area contributed by atoms with Crippen LogP contribution in [0.5, 0.6) is 0 Å². The highest BCUT2D eigenvalue weighted by Crippen LogP contribution is 2.43. The van der Waals surface area contributed by atoms with Crippen LogP contribution >= 0.6 is 0 Å². The molecule has 0 aromatic heterocycles. The average molecular weight is 438 g/mol. The summed E-state index contributed by atoms with van der Waals surface area (Å²) in [5.41, 5.74) is 10.1. The number of hydrogen-bond acceptors (Lipinski definition) is 1. The zero-order chi connectivity index (χ0) is 22.9. The molecule has 0 saturated carbocycles. The molecule has 164 valence electrons. The van der Waals surface area contributed by atoms with E-state index >= 15 is 0 Å². The van der Waals surface area contributed by atoms with Crippen LogP contribution in [-0.4, -0.2) is 0 Å². The molecule has 1 heterocycles. The van der Waals surface area contributed by atoms with E-state index in [1.54, 1.807) is 0 Å². The van der Waals surface area contributed by atoms with Gasteiger partial charge in [0.2, 0.25) is 0 Å². The number of nitrogens with one attached hydrogen (secondary N) is 1. The maximum Gasteiger partial charge on any atom is 0.0707 e. The first-order valence-corrected chi connectivity index (χ1v) is 12.1. The predicted octanol–water partition coefficient (Wildman–Crippen LogP) is 8.67. The van der Waals surface area contributed by atoms with Crippen LogP contribution in [-0.2, 0) is 6.42 Å². The monoisotopic (exact) mass is 437 g/mol. The Kier molecular flexibility index (Phi) is 5.24. The van der Waals surface area contributed by atoms with Crippen molar-refractivity contribution in [3.63, 3.8) is 0 Å². The average Bonchev–Trinajstić information content (AvgIpc) is 2.93. The predicted molar refractivity (Wildman–Crippen MR) is 145 cm³/mol. The van der Waals surface area contributed by atoms with Gasteiger partial charge in [0.25, 0.3) is 0 Å². The summed E-state index contributed by atoms with van der Waals surface area (Å²) in [6.45, 7) is 2.20. The first-order valence-electron chi connectivity index (χ1n) is 12.1. The van der Waals surface area contributed by atoms with Gasteiger partial charge in [-0.25, -0.2) is 0 Å². The van der Waals surface area contributed by atoms with Crippen LogP contribution in [0, 0.1) is 0 Å². The van der Waals surface area contributed by atoms with Crippen LogP contribution in [0.2, 0.25) is 0 Å². The second-order valence-corrected chi connectivity index (χ2v) is 8.95. The van der Waals surface area contributed by atoms with Crippen molar-refractivity contribution in [1.82, 2.24) is 0 Å². The minimum atomic E-state index is 0.131. The molecule has 1 aliphatic heterocycles. The molecule has 0 spiro atoms. The van der Waals surface area contributed by atoms with E-state index in [1.165, 1.54) is 55.4 Å². The summed E-state index contributed by atoms with van der Waals surface area (Å²) in [6, 6.07) is 41.9. The van der Waals surface area contributed by atoms with Crippen molar-refractivity contribution < 1.29 is 0 Å². The van der Waals surface area contributed by atoms with Crippen LogP contribution in [0.3, 0.4) is 0 Å². The molecule has 1 N–H and O–H groups in total. The zero-order valence-electron chi connectivity index (χ0n) is 19.3. The minimum absolute atomic E-state index is 0.131. The van der Waals surface area contributed by atoms with Gasteiger partial charge in [0.05, 0.1) is 6.04 Å². The van der Waals surface area contributed by atoms with Gasteiger partial charge in [0.1, 0.15) is 0 Å². The van der Waals surface area contributed by atoms with Crippen molar-refractivity contribution in [1.29, 1.82) is 0 Å². The van der Waals surface area contributed by atoms with Crippen LogP contribution in [0.1, 0.15) is 35.2 Å². The molecular formula is C33H27N. The maximum absolute atomic E-state index is 3.80. The Balaban J connectivity index is 1.55. The Labute approximate surface area is 201 Å². The van der Waals surface area contributed by atoms with E-state index in [0.29, 0.717) is 0 Å². The topological polar surface area (TPSA) is 12.0 Å². The van der Waals surface area contributed by atoms with Gasteiger partial charge in [0.15, 0.2) is 0 Å². The first-order chi connectivity index (χ1) is 16.8. The fourth-order valence-corrected chi connectivity index (χ4v) is 5.00. The molecule has 1 heteroatoms. The van der Waals surface area contributed by atoms with Crippen LogP contribution in [0.15, 0.2) is 121 Å². The molecule has 34 heavy (non-hydrogen) atoms. The lowest BCUT2D eigenvalue weighted by Gasteiger charge is -2.28. The van der Waals surface area contributed by atoms with Gasteiger partial charge < -0.3 is 5.32 Å². The summed E-state index contributed by atoms with van der Waals surface area (Å²) >= 11 is 0. The Morgan fingerprint density at radius 1 is 0.647 bits per heavy atom. The number of hydrogen-bond donors (Lipinski definition) is 1. The third-order valence-electron chi connectivity index (χ3n) is 6.87. The van der Waals surface area contributed by atoms with Gasteiger partial charge in [-0.3, -0.25) is 0 Å². The van der Waals surface area contributed by atoms with E-state index in [-0.39, 0.29) is 6.04 Å². The summed E-state index contributed by atoms with van der Waals surface area (Å²) in [7, 11) is 0. The first kappa shape index (κ1) is 20.5. The molecule has 0 bridgehead atoms. The molecule has 0 amide bonds.